The van der Waals surface area contributed by atoms with Gasteiger partial charge in [-0.2, -0.15) is 10.2 Å². The number of rotatable bonds is 4. The van der Waals surface area contributed by atoms with Crippen LogP contribution >= 0.6 is 0 Å². The maximum absolute atomic E-state index is 12.5. The number of amides is 1. The van der Waals surface area contributed by atoms with Gasteiger partial charge < -0.3 is 9.73 Å². The number of H-pyrrole nitrogens is 1. The summed E-state index contributed by atoms with van der Waals surface area (Å²) in [6.07, 6.45) is 4.65. The fourth-order valence-corrected chi connectivity index (χ4v) is 2.44. The molecular weight excluding hydrogens is 320 g/mol. The molecule has 0 radical (unpaired) electrons. The average Bonchev–Trinajstić information content (AvgIpc) is 3.36. The molecule has 8 heteroatoms. The normalized spacial score (nSPS) is 10.8. The van der Waals surface area contributed by atoms with E-state index in [1.54, 1.807) is 41.5 Å². The molecule has 8 nitrogen and oxygen atoms in total. The summed E-state index contributed by atoms with van der Waals surface area (Å²) in [6, 6.07) is 10.8. The number of benzene rings is 1. The number of furan rings is 1. The summed E-state index contributed by atoms with van der Waals surface area (Å²) < 4.78 is 6.96. The van der Waals surface area contributed by atoms with Crippen LogP contribution in [0.5, 0.6) is 0 Å². The first-order valence-electron chi connectivity index (χ1n) is 7.55. The van der Waals surface area contributed by atoms with Crippen molar-refractivity contribution in [2.24, 2.45) is 7.05 Å². The molecule has 0 saturated heterocycles. The molecule has 25 heavy (non-hydrogen) atoms. The molecule has 0 saturated carbocycles. The first-order valence-corrected chi connectivity index (χ1v) is 7.55. The third-order valence-corrected chi connectivity index (χ3v) is 3.65. The van der Waals surface area contributed by atoms with Crippen molar-refractivity contribution in [3.05, 3.63) is 60.7 Å². The minimum absolute atomic E-state index is 0.274. The van der Waals surface area contributed by atoms with E-state index in [1.807, 2.05) is 19.2 Å². The zero-order valence-corrected chi connectivity index (χ0v) is 13.3. The molecule has 0 aliphatic heterocycles. The highest BCUT2D eigenvalue weighted by atomic mass is 16.3. The van der Waals surface area contributed by atoms with Gasteiger partial charge in [0, 0.05) is 18.3 Å². The highest BCUT2D eigenvalue weighted by Crippen LogP contribution is 2.23. The van der Waals surface area contributed by atoms with Crippen LogP contribution in [0.15, 0.2) is 59.6 Å². The second kappa shape index (κ2) is 6.08. The van der Waals surface area contributed by atoms with Crippen LogP contribution in [0.1, 0.15) is 10.4 Å². The van der Waals surface area contributed by atoms with Gasteiger partial charge in [0.05, 0.1) is 18.0 Å². The predicted molar refractivity (Wildman–Crippen MR) is 90.7 cm³/mol. The average molecular weight is 334 g/mol. The van der Waals surface area contributed by atoms with Crippen molar-refractivity contribution in [2.75, 3.05) is 5.32 Å². The molecule has 0 spiro atoms. The van der Waals surface area contributed by atoms with Gasteiger partial charge in [0.25, 0.3) is 5.91 Å². The standard InChI is InChI=1S/C17H14N6O2/c1-23-10-18-16(22-23)11-4-6-12(7-5-11)20-17(24)13-9-19-21-15(13)14-3-2-8-25-14/h2-10H,1H3,(H,19,21)(H,20,24). The molecule has 2 N–H and O–H groups in total. The van der Waals surface area contributed by atoms with Crippen molar-refractivity contribution in [1.29, 1.82) is 0 Å². The summed E-state index contributed by atoms with van der Waals surface area (Å²) in [7, 11) is 1.81. The predicted octanol–water partition coefficient (Wildman–Crippen LogP) is 2.72. The van der Waals surface area contributed by atoms with E-state index in [0.717, 1.165) is 5.56 Å². The van der Waals surface area contributed by atoms with Crippen LogP contribution in [0.3, 0.4) is 0 Å². The molecule has 3 heterocycles. The van der Waals surface area contributed by atoms with Crippen molar-refractivity contribution in [3.63, 3.8) is 0 Å². The molecular formula is C17H14N6O2. The summed E-state index contributed by atoms with van der Waals surface area (Å²) in [6.45, 7) is 0. The molecule has 0 bridgehead atoms. The Balaban J connectivity index is 1.53. The largest absolute Gasteiger partial charge is 0.463 e. The fourth-order valence-electron chi connectivity index (χ4n) is 2.44. The van der Waals surface area contributed by atoms with Crippen molar-refractivity contribution < 1.29 is 9.21 Å². The van der Waals surface area contributed by atoms with Gasteiger partial charge in [-0.05, 0) is 36.4 Å². The van der Waals surface area contributed by atoms with Crippen molar-refractivity contribution in [2.45, 2.75) is 0 Å². The van der Waals surface area contributed by atoms with Crippen molar-refractivity contribution in [3.8, 4) is 22.8 Å². The molecule has 124 valence electrons. The number of carbonyl (C=O) groups is 1. The van der Waals surface area contributed by atoms with Crippen LogP contribution < -0.4 is 5.32 Å². The topological polar surface area (TPSA) is 102 Å². The van der Waals surface area contributed by atoms with Crippen LogP contribution in [0.2, 0.25) is 0 Å². The van der Waals surface area contributed by atoms with Gasteiger partial charge in [0.2, 0.25) is 0 Å². The number of nitrogens with zero attached hydrogens (tertiary/aromatic N) is 4. The van der Waals surface area contributed by atoms with Crippen molar-refractivity contribution >= 4 is 11.6 Å². The lowest BCUT2D eigenvalue weighted by atomic mass is 10.1. The first-order chi connectivity index (χ1) is 12.2. The number of nitrogens with one attached hydrogen (secondary N) is 2. The highest BCUT2D eigenvalue weighted by Gasteiger charge is 2.17. The van der Waals surface area contributed by atoms with Crippen molar-refractivity contribution in [1.82, 2.24) is 25.0 Å². The number of hydrogen-bond acceptors (Lipinski definition) is 5. The van der Waals surface area contributed by atoms with Crippen LogP contribution in [-0.4, -0.2) is 30.9 Å². The van der Waals surface area contributed by atoms with Gasteiger partial charge in [-0.25, -0.2) is 4.98 Å². The number of anilines is 1. The molecule has 1 amide bonds. The molecule has 3 aromatic heterocycles. The molecule has 4 rings (SSSR count). The second-order valence-electron chi connectivity index (χ2n) is 5.41. The third kappa shape index (κ3) is 2.92. The monoisotopic (exact) mass is 334 g/mol. The van der Waals surface area contributed by atoms with Gasteiger partial charge in [0.1, 0.15) is 12.0 Å². The highest BCUT2D eigenvalue weighted by molar-refractivity contribution is 6.07. The minimum Gasteiger partial charge on any atom is -0.463 e. The van der Waals surface area contributed by atoms with E-state index in [9.17, 15) is 4.79 Å². The smallest absolute Gasteiger partial charge is 0.259 e. The zero-order chi connectivity index (χ0) is 17.2. The van der Waals surface area contributed by atoms with Gasteiger partial charge in [0.15, 0.2) is 11.6 Å². The van der Waals surface area contributed by atoms with E-state index >= 15 is 0 Å². The molecule has 0 unspecified atom stereocenters. The van der Waals surface area contributed by atoms with E-state index in [1.165, 1.54) is 6.20 Å². The Morgan fingerprint density at radius 2 is 2.08 bits per heavy atom. The SMILES string of the molecule is Cn1cnc(-c2ccc(NC(=O)c3cn[nH]c3-c3ccco3)cc2)n1. The Bertz CT molecular complexity index is 998. The number of carbonyl (C=O) groups excluding carboxylic acids is 1. The van der Waals surface area contributed by atoms with E-state index in [4.69, 9.17) is 4.42 Å². The Morgan fingerprint density at radius 3 is 2.76 bits per heavy atom. The van der Waals surface area contributed by atoms with Gasteiger partial charge in [-0.1, -0.05) is 0 Å². The zero-order valence-electron chi connectivity index (χ0n) is 13.3. The fraction of sp³-hybridized carbons (Fsp3) is 0.0588. The summed E-state index contributed by atoms with van der Waals surface area (Å²) >= 11 is 0. The number of aryl methyl sites for hydroxylation is 1. The summed E-state index contributed by atoms with van der Waals surface area (Å²) in [5.41, 5.74) is 2.48. The molecule has 0 atom stereocenters. The van der Waals surface area contributed by atoms with Crippen LogP contribution in [0.4, 0.5) is 5.69 Å². The Morgan fingerprint density at radius 1 is 1.24 bits per heavy atom. The molecule has 0 aliphatic rings. The first kappa shape index (κ1) is 14.9. The second-order valence-corrected chi connectivity index (χ2v) is 5.41. The molecule has 1 aromatic carbocycles. The van der Waals surface area contributed by atoms with E-state index in [2.05, 4.69) is 25.6 Å². The Kier molecular flexibility index (Phi) is 3.62. The van der Waals surface area contributed by atoms with Gasteiger partial charge >= 0.3 is 0 Å². The van der Waals surface area contributed by atoms with E-state index in [0.29, 0.717) is 28.5 Å². The van der Waals surface area contributed by atoms with Gasteiger partial charge in [-0.15, -0.1) is 0 Å². The van der Waals surface area contributed by atoms with Crippen LogP contribution in [-0.2, 0) is 7.05 Å². The number of hydrogen-bond donors (Lipinski definition) is 2. The summed E-state index contributed by atoms with van der Waals surface area (Å²) in [5, 5.41) is 13.8. The minimum atomic E-state index is -0.274. The lowest BCUT2D eigenvalue weighted by molar-refractivity contribution is 0.102. The maximum Gasteiger partial charge on any atom is 0.259 e. The molecule has 0 aliphatic carbocycles. The van der Waals surface area contributed by atoms with Gasteiger partial charge in [-0.3, -0.25) is 14.6 Å². The Labute approximate surface area is 142 Å². The van der Waals surface area contributed by atoms with E-state index < -0.39 is 0 Å². The number of aromatic nitrogens is 5. The number of aromatic amines is 1. The summed E-state index contributed by atoms with van der Waals surface area (Å²) in [5.74, 6) is 0.915. The van der Waals surface area contributed by atoms with E-state index in [-0.39, 0.29) is 5.91 Å². The lowest BCUT2D eigenvalue weighted by Crippen LogP contribution is -2.12. The van der Waals surface area contributed by atoms with Crippen LogP contribution in [0.25, 0.3) is 22.8 Å². The molecule has 4 aromatic rings. The summed E-state index contributed by atoms with van der Waals surface area (Å²) in [4.78, 5) is 16.7. The third-order valence-electron chi connectivity index (χ3n) is 3.65. The Hall–Kier alpha value is -3.68. The lowest BCUT2D eigenvalue weighted by Gasteiger charge is -2.05. The van der Waals surface area contributed by atoms with Crippen LogP contribution in [0, 0.1) is 0 Å². The molecule has 0 fully saturated rings. The quantitative estimate of drug-likeness (QED) is 0.597. The maximum atomic E-state index is 12.5.